The summed E-state index contributed by atoms with van der Waals surface area (Å²) in [6.45, 7) is 3.35. The van der Waals surface area contributed by atoms with Gasteiger partial charge in [0.1, 0.15) is 0 Å². The van der Waals surface area contributed by atoms with E-state index in [1.165, 1.54) is 19.1 Å². The molecule has 1 heterocycles. The van der Waals surface area contributed by atoms with Gasteiger partial charge in [-0.1, -0.05) is 36.4 Å². The van der Waals surface area contributed by atoms with Crippen molar-refractivity contribution in [2.75, 3.05) is 7.05 Å². The van der Waals surface area contributed by atoms with Crippen LogP contribution in [-0.2, 0) is 4.79 Å². The summed E-state index contributed by atoms with van der Waals surface area (Å²) in [5, 5.41) is 11.0. The molecule has 0 N–H and O–H groups in total. The second-order valence-electron chi connectivity index (χ2n) is 7.03. The molecule has 2 aliphatic rings. The number of nitrogens with zero attached hydrogens (tertiary/aromatic N) is 2. The van der Waals surface area contributed by atoms with Crippen LogP contribution in [0.5, 0.6) is 0 Å². The number of benzene rings is 2. The Bertz CT molecular complexity index is 1110. The molecule has 2 aromatic rings. The van der Waals surface area contributed by atoms with E-state index in [1.54, 1.807) is 18.2 Å². The zero-order chi connectivity index (χ0) is 20.2. The number of nitro groups is 1. The lowest BCUT2D eigenvalue weighted by atomic mass is 9.78. The number of fused-ring (bicyclic) bond motifs is 2. The zero-order valence-electron chi connectivity index (χ0n) is 15.7. The first kappa shape index (κ1) is 17.9. The minimum atomic E-state index is -0.551. The summed E-state index contributed by atoms with van der Waals surface area (Å²) < 4.78 is 0. The molecule has 2 aromatic carbocycles. The first-order valence-corrected chi connectivity index (χ1v) is 8.91. The van der Waals surface area contributed by atoms with Crippen molar-refractivity contribution >= 4 is 23.0 Å². The minimum absolute atomic E-state index is 0.0306. The summed E-state index contributed by atoms with van der Waals surface area (Å²) in [4.78, 5) is 38.3. The van der Waals surface area contributed by atoms with Crippen LogP contribution in [0.3, 0.4) is 0 Å². The molecule has 28 heavy (non-hydrogen) atoms. The third kappa shape index (κ3) is 2.41. The maximum Gasteiger partial charge on any atom is 0.269 e. The van der Waals surface area contributed by atoms with Gasteiger partial charge in [-0.25, -0.2) is 0 Å². The minimum Gasteiger partial charge on any atom is -0.347 e. The van der Waals surface area contributed by atoms with E-state index >= 15 is 0 Å². The monoisotopic (exact) mass is 374 g/mol. The van der Waals surface area contributed by atoms with E-state index in [2.05, 4.69) is 0 Å². The van der Waals surface area contributed by atoms with Crippen LogP contribution in [0.2, 0.25) is 0 Å². The molecule has 1 aliphatic heterocycles. The van der Waals surface area contributed by atoms with Crippen molar-refractivity contribution in [2.24, 2.45) is 0 Å². The molecular formula is C22H18N2O4. The fourth-order valence-electron chi connectivity index (χ4n) is 4.20. The molecule has 0 saturated heterocycles. The molecule has 0 spiro atoms. The number of nitro benzene ring substituents is 1. The highest BCUT2D eigenvalue weighted by Gasteiger charge is 2.43. The van der Waals surface area contributed by atoms with E-state index in [0.29, 0.717) is 22.3 Å². The van der Waals surface area contributed by atoms with Gasteiger partial charge in [-0.3, -0.25) is 19.7 Å². The van der Waals surface area contributed by atoms with Gasteiger partial charge in [0.25, 0.3) is 5.69 Å². The van der Waals surface area contributed by atoms with E-state index in [9.17, 15) is 19.7 Å². The second kappa shape index (κ2) is 6.27. The first-order chi connectivity index (χ1) is 13.3. The van der Waals surface area contributed by atoms with Crippen LogP contribution < -0.4 is 0 Å². The Morgan fingerprint density at radius 1 is 1.07 bits per heavy atom. The van der Waals surface area contributed by atoms with Crippen LogP contribution in [-0.4, -0.2) is 28.4 Å². The van der Waals surface area contributed by atoms with Gasteiger partial charge in [0.2, 0.25) is 0 Å². The van der Waals surface area contributed by atoms with Crippen molar-refractivity contribution < 1.29 is 14.5 Å². The first-order valence-electron chi connectivity index (χ1n) is 8.91. The van der Waals surface area contributed by atoms with E-state index in [0.717, 1.165) is 17.0 Å². The predicted molar refractivity (Wildman–Crippen MR) is 105 cm³/mol. The Hall–Kier alpha value is -3.54. The highest BCUT2D eigenvalue weighted by atomic mass is 16.6. The lowest BCUT2D eigenvalue weighted by molar-refractivity contribution is -0.384. The number of carbonyl (C=O) groups is 2. The van der Waals surface area contributed by atoms with Crippen LogP contribution in [0, 0.1) is 10.1 Å². The Balaban J connectivity index is 1.97. The molecule has 4 rings (SSSR count). The van der Waals surface area contributed by atoms with Crippen molar-refractivity contribution in [2.45, 2.75) is 19.8 Å². The number of ketones is 2. The lowest BCUT2D eigenvalue weighted by Gasteiger charge is -2.35. The highest BCUT2D eigenvalue weighted by Crippen LogP contribution is 2.49. The molecule has 1 unspecified atom stereocenters. The van der Waals surface area contributed by atoms with E-state index < -0.39 is 10.8 Å². The van der Waals surface area contributed by atoms with E-state index in [1.807, 2.05) is 37.1 Å². The van der Waals surface area contributed by atoms with Gasteiger partial charge in [-0.05, 0) is 19.4 Å². The topological polar surface area (TPSA) is 80.5 Å². The van der Waals surface area contributed by atoms with Crippen molar-refractivity contribution in [3.63, 3.8) is 0 Å². The van der Waals surface area contributed by atoms with Crippen LogP contribution in [0.1, 0.15) is 41.3 Å². The Labute approximate surface area is 161 Å². The van der Waals surface area contributed by atoms with Gasteiger partial charge < -0.3 is 4.90 Å². The van der Waals surface area contributed by atoms with Crippen LogP contribution in [0.15, 0.2) is 65.4 Å². The fraction of sp³-hybridized carbons (Fsp3) is 0.182. The van der Waals surface area contributed by atoms with Gasteiger partial charge in [-0.15, -0.1) is 0 Å². The number of non-ortho nitro benzene ring substituents is 1. The third-order valence-electron chi connectivity index (χ3n) is 5.55. The van der Waals surface area contributed by atoms with Crippen LogP contribution in [0.25, 0.3) is 5.70 Å². The van der Waals surface area contributed by atoms with E-state index in [-0.39, 0.29) is 17.3 Å². The molecular weight excluding hydrogens is 356 g/mol. The van der Waals surface area contributed by atoms with Crippen LogP contribution >= 0.6 is 0 Å². The number of carbonyl (C=O) groups excluding carboxylic acids is 2. The summed E-state index contributed by atoms with van der Waals surface area (Å²) in [7, 11) is 1.86. The van der Waals surface area contributed by atoms with E-state index in [4.69, 9.17) is 0 Å². The fourth-order valence-corrected chi connectivity index (χ4v) is 4.20. The number of hydrogen-bond donors (Lipinski definition) is 0. The quantitative estimate of drug-likeness (QED) is 0.597. The standard InChI is InChI=1S/C22H18N2O4/c1-12-18(13(2)25)19(14-8-10-15(11-9-14)24(27)28)20-21(23(12)3)16-6-4-5-7-17(16)22(20)26/h4-11,19H,1-3H3. The average molecular weight is 374 g/mol. The number of rotatable bonds is 3. The SMILES string of the molecule is CC(=O)C1=C(C)N(C)C2=C(C(=O)c3ccccc32)C1c1ccc([N+](=O)[O-])cc1. The summed E-state index contributed by atoms with van der Waals surface area (Å²) in [6, 6.07) is 13.5. The molecule has 6 nitrogen and oxygen atoms in total. The molecule has 0 fully saturated rings. The van der Waals surface area contributed by atoms with Gasteiger partial charge in [0.15, 0.2) is 11.6 Å². The number of Topliss-reactive ketones (excluding diaryl/α,β-unsaturated/α-hetero) is 2. The van der Waals surface area contributed by atoms with Gasteiger partial charge >= 0.3 is 0 Å². The largest absolute Gasteiger partial charge is 0.347 e. The molecule has 0 bridgehead atoms. The molecule has 0 radical (unpaired) electrons. The molecule has 1 atom stereocenters. The van der Waals surface area contributed by atoms with Crippen molar-refractivity contribution in [3.8, 4) is 0 Å². The molecule has 1 aliphatic carbocycles. The van der Waals surface area contributed by atoms with Crippen molar-refractivity contribution in [1.82, 2.24) is 4.90 Å². The maximum absolute atomic E-state index is 13.3. The lowest BCUT2D eigenvalue weighted by Crippen LogP contribution is -2.29. The Kier molecular flexibility index (Phi) is 4.00. The molecule has 0 saturated carbocycles. The Morgan fingerprint density at radius 2 is 1.68 bits per heavy atom. The molecule has 6 heteroatoms. The zero-order valence-corrected chi connectivity index (χ0v) is 15.7. The normalized spacial score (nSPS) is 18.3. The number of hydrogen-bond acceptors (Lipinski definition) is 5. The summed E-state index contributed by atoms with van der Waals surface area (Å²) in [5.41, 5.74) is 4.78. The summed E-state index contributed by atoms with van der Waals surface area (Å²) in [5.74, 6) is -0.778. The van der Waals surface area contributed by atoms with Gasteiger partial charge in [-0.2, -0.15) is 0 Å². The molecule has 140 valence electrons. The average Bonchev–Trinajstić information content (AvgIpc) is 2.97. The summed E-state index contributed by atoms with van der Waals surface area (Å²) in [6.07, 6.45) is 0. The highest BCUT2D eigenvalue weighted by molar-refractivity contribution is 6.23. The number of allylic oxidation sites excluding steroid dienone is 3. The Morgan fingerprint density at radius 3 is 2.25 bits per heavy atom. The van der Waals surface area contributed by atoms with Crippen molar-refractivity contribution in [3.05, 3.63) is 92.2 Å². The predicted octanol–water partition coefficient (Wildman–Crippen LogP) is 4.09. The van der Waals surface area contributed by atoms with Gasteiger partial charge in [0.05, 0.1) is 10.6 Å². The smallest absolute Gasteiger partial charge is 0.269 e. The third-order valence-corrected chi connectivity index (χ3v) is 5.55. The second-order valence-corrected chi connectivity index (χ2v) is 7.03. The van der Waals surface area contributed by atoms with Crippen molar-refractivity contribution in [1.29, 1.82) is 0 Å². The molecule has 0 amide bonds. The maximum atomic E-state index is 13.3. The molecule has 0 aromatic heterocycles. The summed E-state index contributed by atoms with van der Waals surface area (Å²) >= 11 is 0. The van der Waals surface area contributed by atoms with Crippen LogP contribution in [0.4, 0.5) is 5.69 Å². The van der Waals surface area contributed by atoms with Gasteiger partial charge in [0, 0.05) is 53.1 Å².